The van der Waals surface area contributed by atoms with Gasteiger partial charge in [0.1, 0.15) is 10.1 Å². The molecule has 0 radical (unpaired) electrons. The fraction of sp³-hybridized carbons (Fsp3) is 0.250. The van der Waals surface area contributed by atoms with Crippen LogP contribution in [-0.4, -0.2) is 13.0 Å². The standard InChI is InChI=1S/C8H10O3S.K/c1-7(12(9,10)11)8-5-3-2-4-6-8;/h2-7H,1H3,(H,9,10,11);/q;+1/p-1/t7-;/m1./s1. The van der Waals surface area contributed by atoms with E-state index in [9.17, 15) is 13.0 Å². The number of benzene rings is 1. The number of rotatable bonds is 2. The number of hydrogen-bond donors (Lipinski definition) is 0. The summed E-state index contributed by atoms with van der Waals surface area (Å²) in [4.78, 5) is 0. The van der Waals surface area contributed by atoms with Crippen molar-refractivity contribution in [3.05, 3.63) is 35.9 Å². The van der Waals surface area contributed by atoms with Crippen molar-refractivity contribution >= 4 is 10.1 Å². The van der Waals surface area contributed by atoms with Gasteiger partial charge in [0.15, 0.2) is 0 Å². The summed E-state index contributed by atoms with van der Waals surface area (Å²) < 4.78 is 31.7. The summed E-state index contributed by atoms with van der Waals surface area (Å²) in [5.74, 6) is 0. The van der Waals surface area contributed by atoms with Crippen molar-refractivity contribution < 1.29 is 64.4 Å². The molecule has 0 heterocycles. The van der Waals surface area contributed by atoms with Crippen LogP contribution in [0.3, 0.4) is 0 Å². The molecule has 1 atom stereocenters. The van der Waals surface area contributed by atoms with Crippen LogP contribution in [0.2, 0.25) is 0 Å². The molecule has 1 aromatic carbocycles. The minimum Gasteiger partial charge on any atom is -0.747 e. The van der Waals surface area contributed by atoms with Gasteiger partial charge >= 0.3 is 51.4 Å². The van der Waals surface area contributed by atoms with Gasteiger partial charge in [0.05, 0.1) is 5.25 Å². The summed E-state index contributed by atoms with van der Waals surface area (Å²) >= 11 is 0. The average Bonchev–Trinajstić information content (AvgIpc) is 2.03. The third kappa shape index (κ3) is 4.20. The third-order valence-electron chi connectivity index (χ3n) is 1.70. The Morgan fingerprint density at radius 3 is 2.08 bits per heavy atom. The molecule has 0 bridgehead atoms. The van der Waals surface area contributed by atoms with E-state index in [4.69, 9.17) is 0 Å². The Hall–Kier alpha value is 0.766. The Morgan fingerprint density at radius 2 is 1.69 bits per heavy atom. The first-order valence-corrected chi connectivity index (χ1v) is 4.98. The van der Waals surface area contributed by atoms with Gasteiger partial charge in [-0.05, 0) is 12.5 Å². The smallest absolute Gasteiger partial charge is 0.747 e. The molecule has 13 heavy (non-hydrogen) atoms. The zero-order valence-corrected chi connectivity index (χ0v) is 11.5. The van der Waals surface area contributed by atoms with E-state index in [1.165, 1.54) is 6.92 Å². The second kappa shape index (κ2) is 5.60. The number of hydrogen-bond acceptors (Lipinski definition) is 3. The zero-order valence-electron chi connectivity index (χ0n) is 7.60. The van der Waals surface area contributed by atoms with Crippen LogP contribution in [-0.2, 0) is 10.1 Å². The van der Waals surface area contributed by atoms with E-state index in [1.807, 2.05) is 0 Å². The summed E-state index contributed by atoms with van der Waals surface area (Å²) in [5, 5.41) is -0.960. The van der Waals surface area contributed by atoms with Gasteiger partial charge in [-0.3, -0.25) is 0 Å². The summed E-state index contributed by atoms with van der Waals surface area (Å²) in [6.45, 7) is 1.39. The molecule has 0 saturated heterocycles. The van der Waals surface area contributed by atoms with Crippen molar-refractivity contribution in [3.8, 4) is 0 Å². The molecule has 0 unspecified atom stereocenters. The van der Waals surface area contributed by atoms with Crippen molar-refractivity contribution in [1.82, 2.24) is 0 Å². The molecule has 0 aliphatic rings. The predicted octanol–water partition coefficient (Wildman–Crippen LogP) is -1.70. The summed E-state index contributed by atoms with van der Waals surface area (Å²) in [7, 11) is -4.21. The minimum absolute atomic E-state index is 0. The second-order valence-electron chi connectivity index (χ2n) is 2.55. The maximum absolute atomic E-state index is 10.6. The van der Waals surface area contributed by atoms with Crippen LogP contribution < -0.4 is 51.4 Å². The van der Waals surface area contributed by atoms with Crippen LogP contribution in [0.15, 0.2) is 30.3 Å². The molecule has 0 aliphatic carbocycles. The van der Waals surface area contributed by atoms with Gasteiger partial charge in [-0.1, -0.05) is 30.3 Å². The van der Waals surface area contributed by atoms with Crippen LogP contribution in [0.5, 0.6) is 0 Å². The normalized spacial score (nSPS) is 13.1. The Labute approximate surface area is 121 Å². The van der Waals surface area contributed by atoms with Crippen LogP contribution in [0, 0.1) is 0 Å². The minimum atomic E-state index is -4.21. The van der Waals surface area contributed by atoms with E-state index in [0.717, 1.165) is 0 Å². The van der Waals surface area contributed by atoms with Crippen LogP contribution in [0.1, 0.15) is 17.7 Å². The quantitative estimate of drug-likeness (QED) is 0.444. The second-order valence-corrected chi connectivity index (χ2v) is 4.24. The first-order chi connectivity index (χ1) is 5.52. The van der Waals surface area contributed by atoms with Gasteiger partial charge in [-0.2, -0.15) is 0 Å². The Bertz CT molecular complexity index is 347. The van der Waals surface area contributed by atoms with E-state index in [-0.39, 0.29) is 51.4 Å². The average molecular weight is 224 g/mol. The monoisotopic (exact) mass is 224 g/mol. The molecule has 3 nitrogen and oxygen atoms in total. The summed E-state index contributed by atoms with van der Waals surface area (Å²) in [6, 6.07) is 8.43. The maximum Gasteiger partial charge on any atom is 1.00 e. The van der Waals surface area contributed by atoms with Gasteiger partial charge in [0.2, 0.25) is 0 Å². The molecular weight excluding hydrogens is 215 g/mol. The van der Waals surface area contributed by atoms with Crippen molar-refractivity contribution in [2.75, 3.05) is 0 Å². The first-order valence-electron chi connectivity index (χ1n) is 3.51. The molecular formula is C8H9KO3S. The molecule has 0 amide bonds. The van der Waals surface area contributed by atoms with E-state index in [0.29, 0.717) is 5.56 Å². The predicted molar refractivity (Wildman–Crippen MR) is 44.6 cm³/mol. The van der Waals surface area contributed by atoms with Crippen molar-refractivity contribution in [1.29, 1.82) is 0 Å². The SMILES string of the molecule is C[C@H](c1ccccc1)S(=O)(=O)[O-].[K+]. The maximum atomic E-state index is 10.6. The fourth-order valence-electron chi connectivity index (χ4n) is 0.891. The first kappa shape index (κ1) is 13.8. The molecule has 1 aromatic rings. The summed E-state index contributed by atoms with van der Waals surface area (Å²) in [5.41, 5.74) is 0.535. The van der Waals surface area contributed by atoms with Crippen LogP contribution >= 0.6 is 0 Å². The largest absolute Gasteiger partial charge is 1.00 e. The van der Waals surface area contributed by atoms with E-state index in [2.05, 4.69) is 0 Å². The van der Waals surface area contributed by atoms with E-state index in [1.54, 1.807) is 30.3 Å². The molecule has 5 heteroatoms. The van der Waals surface area contributed by atoms with Gasteiger partial charge in [-0.25, -0.2) is 8.42 Å². The van der Waals surface area contributed by atoms with E-state index >= 15 is 0 Å². The van der Waals surface area contributed by atoms with Gasteiger partial charge < -0.3 is 4.55 Å². The zero-order chi connectivity index (χ0) is 9.19. The molecule has 0 aliphatic heterocycles. The van der Waals surface area contributed by atoms with Crippen molar-refractivity contribution in [2.45, 2.75) is 12.2 Å². The Kier molecular flexibility index (Phi) is 5.93. The van der Waals surface area contributed by atoms with E-state index < -0.39 is 15.4 Å². The molecule has 0 aromatic heterocycles. The van der Waals surface area contributed by atoms with Crippen molar-refractivity contribution in [3.63, 3.8) is 0 Å². The molecule has 0 N–H and O–H groups in total. The molecule has 0 fully saturated rings. The third-order valence-corrected chi connectivity index (χ3v) is 2.84. The molecule has 0 spiro atoms. The van der Waals surface area contributed by atoms with Crippen molar-refractivity contribution in [2.24, 2.45) is 0 Å². The van der Waals surface area contributed by atoms with Gasteiger partial charge in [0.25, 0.3) is 0 Å². The summed E-state index contributed by atoms with van der Waals surface area (Å²) in [6.07, 6.45) is 0. The Morgan fingerprint density at radius 1 is 1.23 bits per heavy atom. The molecule has 66 valence electrons. The van der Waals surface area contributed by atoms with Crippen LogP contribution in [0.25, 0.3) is 0 Å². The molecule has 0 saturated carbocycles. The topological polar surface area (TPSA) is 57.2 Å². The molecule has 1 rings (SSSR count). The fourth-order valence-corrected chi connectivity index (χ4v) is 1.38. The Balaban J connectivity index is 0.00000144. The van der Waals surface area contributed by atoms with Gasteiger partial charge in [0, 0.05) is 0 Å². The van der Waals surface area contributed by atoms with Crippen LogP contribution in [0.4, 0.5) is 0 Å². The van der Waals surface area contributed by atoms with Gasteiger partial charge in [-0.15, -0.1) is 0 Å².